The molecule has 1 unspecified atom stereocenters. The highest BCUT2D eigenvalue weighted by molar-refractivity contribution is 9.09. The molecule has 0 saturated heterocycles. The van der Waals surface area contributed by atoms with Crippen molar-refractivity contribution in [2.75, 3.05) is 7.11 Å². The maximum absolute atomic E-state index is 13.3. The van der Waals surface area contributed by atoms with Gasteiger partial charge in [0.25, 0.3) is 0 Å². The summed E-state index contributed by atoms with van der Waals surface area (Å²) in [5, 5.41) is 0. The molecule has 78 valence electrons. The van der Waals surface area contributed by atoms with Crippen LogP contribution in [0.5, 0.6) is 5.75 Å². The van der Waals surface area contributed by atoms with Crippen molar-refractivity contribution >= 4 is 15.9 Å². The molecule has 0 spiro atoms. The Balaban J connectivity index is 3.07. The second kappa shape index (κ2) is 4.78. The van der Waals surface area contributed by atoms with E-state index in [9.17, 15) is 4.39 Å². The van der Waals surface area contributed by atoms with Crippen LogP contribution >= 0.6 is 15.9 Å². The molecule has 0 aliphatic heterocycles. The Morgan fingerprint density at radius 3 is 2.64 bits per heavy atom. The van der Waals surface area contributed by atoms with Crippen molar-refractivity contribution in [1.82, 2.24) is 0 Å². The average Bonchev–Trinajstić information content (AvgIpc) is 2.10. The molecule has 0 N–H and O–H groups in total. The van der Waals surface area contributed by atoms with Crippen molar-refractivity contribution in [3.05, 3.63) is 29.1 Å². The van der Waals surface area contributed by atoms with Gasteiger partial charge in [-0.05, 0) is 36.6 Å². The molecule has 0 saturated carbocycles. The van der Waals surface area contributed by atoms with Crippen molar-refractivity contribution < 1.29 is 9.13 Å². The summed E-state index contributed by atoms with van der Waals surface area (Å²) >= 11 is 3.44. The molecule has 0 aromatic heterocycles. The number of benzene rings is 1. The summed E-state index contributed by atoms with van der Waals surface area (Å²) in [6, 6.07) is 3.28. The minimum atomic E-state index is -0.172. The lowest BCUT2D eigenvalue weighted by Gasteiger charge is -2.11. The van der Waals surface area contributed by atoms with Crippen LogP contribution in [0.15, 0.2) is 12.1 Å². The third-order valence-electron chi connectivity index (χ3n) is 2.06. The molecule has 1 atom stereocenters. The lowest BCUT2D eigenvalue weighted by atomic mass is 10.1. The van der Waals surface area contributed by atoms with Crippen molar-refractivity contribution in [2.24, 2.45) is 0 Å². The van der Waals surface area contributed by atoms with E-state index < -0.39 is 0 Å². The zero-order valence-corrected chi connectivity index (χ0v) is 10.2. The average molecular weight is 261 g/mol. The zero-order chi connectivity index (χ0) is 10.7. The van der Waals surface area contributed by atoms with Gasteiger partial charge >= 0.3 is 0 Å². The number of aryl methyl sites for hydroxylation is 1. The lowest BCUT2D eigenvalue weighted by molar-refractivity contribution is 0.407. The van der Waals surface area contributed by atoms with Crippen LogP contribution in [0.2, 0.25) is 0 Å². The summed E-state index contributed by atoms with van der Waals surface area (Å²) in [7, 11) is 1.61. The lowest BCUT2D eigenvalue weighted by Crippen LogP contribution is -2.01. The predicted molar refractivity (Wildman–Crippen MR) is 59.8 cm³/mol. The monoisotopic (exact) mass is 260 g/mol. The zero-order valence-electron chi connectivity index (χ0n) is 8.60. The fraction of sp³-hybridized carbons (Fsp3) is 0.455. The third kappa shape index (κ3) is 2.71. The highest BCUT2D eigenvalue weighted by Crippen LogP contribution is 2.25. The molecule has 0 aliphatic carbocycles. The highest BCUT2D eigenvalue weighted by Gasteiger charge is 2.09. The van der Waals surface area contributed by atoms with Crippen LogP contribution < -0.4 is 4.74 Å². The van der Waals surface area contributed by atoms with Crippen molar-refractivity contribution in [1.29, 1.82) is 0 Å². The van der Waals surface area contributed by atoms with E-state index in [0.29, 0.717) is 10.4 Å². The van der Waals surface area contributed by atoms with E-state index in [1.165, 1.54) is 0 Å². The summed E-state index contributed by atoms with van der Waals surface area (Å²) in [6.07, 6.45) is 0.764. The van der Waals surface area contributed by atoms with Crippen LogP contribution in [0.25, 0.3) is 0 Å². The molecule has 1 aromatic rings. The first kappa shape index (κ1) is 11.5. The Hall–Kier alpha value is -0.570. The van der Waals surface area contributed by atoms with E-state index in [1.54, 1.807) is 26.2 Å². The van der Waals surface area contributed by atoms with E-state index in [-0.39, 0.29) is 5.82 Å². The quantitative estimate of drug-likeness (QED) is 0.757. The van der Waals surface area contributed by atoms with Gasteiger partial charge in [-0.25, -0.2) is 4.39 Å². The Morgan fingerprint density at radius 2 is 2.14 bits per heavy atom. The molecule has 0 aliphatic rings. The summed E-state index contributed by atoms with van der Waals surface area (Å²) in [4.78, 5) is 0.318. The van der Waals surface area contributed by atoms with E-state index in [1.807, 2.05) is 6.92 Å². The van der Waals surface area contributed by atoms with Crippen LogP contribution in [-0.2, 0) is 6.42 Å². The maximum atomic E-state index is 13.3. The first-order chi connectivity index (χ1) is 6.54. The molecule has 0 bridgehead atoms. The summed E-state index contributed by atoms with van der Waals surface area (Å²) in [5.41, 5.74) is 1.52. The highest BCUT2D eigenvalue weighted by atomic mass is 79.9. The minimum Gasteiger partial charge on any atom is -0.496 e. The number of rotatable bonds is 3. The minimum absolute atomic E-state index is 0.172. The molecule has 1 rings (SSSR count). The Bertz CT molecular complexity index is 323. The normalized spacial score (nSPS) is 12.6. The summed E-state index contributed by atoms with van der Waals surface area (Å²) in [5.74, 6) is 0.587. The Kier molecular flexibility index (Phi) is 3.93. The second-order valence-corrected chi connectivity index (χ2v) is 4.96. The first-order valence-corrected chi connectivity index (χ1v) is 5.43. The summed E-state index contributed by atoms with van der Waals surface area (Å²) < 4.78 is 18.5. The van der Waals surface area contributed by atoms with Gasteiger partial charge in [0.1, 0.15) is 11.6 Å². The number of halogens is 2. The van der Waals surface area contributed by atoms with Gasteiger partial charge in [0, 0.05) is 4.83 Å². The van der Waals surface area contributed by atoms with Crippen molar-refractivity contribution in [2.45, 2.75) is 25.1 Å². The maximum Gasteiger partial charge on any atom is 0.126 e. The van der Waals surface area contributed by atoms with Crippen molar-refractivity contribution in [3.8, 4) is 5.75 Å². The molecule has 3 heteroatoms. The number of hydrogen-bond acceptors (Lipinski definition) is 1. The Labute approximate surface area is 92.4 Å². The molecule has 14 heavy (non-hydrogen) atoms. The molecular formula is C11H14BrFO. The smallest absolute Gasteiger partial charge is 0.126 e. The van der Waals surface area contributed by atoms with Crippen LogP contribution in [0.4, 0.5) is 4.39 Å². The van der Waals surface area contributed by atoms with Gasteiger partial charge in [0.15, 0.2) is 0 Å². The third-order valence-corrected chi connectivity index (χ3v) is 2.39. The van der Waals surface area contributed by atoms with Crippen LogP contribution in [0.1, 0.15) is 18.1 Å². The van der Waals surface area contributed by atoms with Gasteiger partial charge in [0.2, 0.25) is 0 Å². The van der Waals surface area contributed by atoms with Gasteiger partial charge in [-0.2, -0.15) is 0 Å². The Morgan fingerprint density at radius 1 is 1.50 bits per heavy atom. The van der Waals surface area contributed by atoms with E-state index in [4.69, 9.17) is 4.74 Å². The van der Waals surface area contributed by atoms with Crippen LogP contribution in [0, 0.1) is 12.7 Å². The van der Waals surface area contributed by atoms with Crippen molar-refractivity contribution in [3.63, 3.8) is 0 Å². The molecule has 0 amide bonds. The molecular weight excluding hydrogens is 247 g/mol. The molecule has 0 heterocycles. The molecule has 1 nitrogen and oxygen atoms in total. The first-order valence-electron chi connectivity index (χ1n) is 4.51. The number of ether oxygens (including phenoxy) is 1. The standard InChI is InChI=1S/C11H14BrFO/c1-7-4-11(14-3)9(5-8(2)12)6-10(7)13/h4,6,8H,5H2,1-3H3. The van der Waals surface area contributed by atoms with Crippen LogP contribution in [0.3, 0.4) is 0 Å². The van der Waals surface area contributed by atoms with Gasteiger partial charge in [-0.15, -0.1) is 0 Å². The van der Waals surface area contributed by atoms with E-state index in [0.717, 1.165) is 17.7 Å². The predicted octanol–water partition coefficient (Wildman–Crippen LogP) is 3.47. The van der Waals surface area contributed by atoms with Crippen LogP contribution in [-0.4, -0.2) is 11.9 Å². The SMILES string of the molecule is COc1cc(C)c(F)cc1CC(C)Br. The van der Waals surface area contributed by atoms with E-state index in [2.05, 4.69) is 15.9 Å². The number of methoxy groups -OCH3 is 1. The number of alkyl halides is 1. The van der Waals surface area contributed by atoms with Gasteiger partial charge < -0.3 is 4.74 Å². The fourth-order valence-electron chi connectivity index (χ4n) is 1.35. The molecule has 0 fully saturated rings. The topological polar surface area (TPSA) is 9.23 Å². The summed E-state index contributed by atoms with van der Waals surface area (Å²) in [6.45, 7) is 3.76. The fourth-order valence-corrected chi connectivity index (χ4v) is 1.70. The number of hydrogen-bond donors (Lipinski definition) is 0. The van der Waals surface area contributed by atoms with Gasteiger partial charge in [-0.1, -0.05) is 22.9 Å². The van der Waals surface area contributed by atoms with Gasteiger partial charge in [0.05, 0.1) is 7.11 Å². The largest absolute Gasteiger partial charge is 0.496 e. The van der Waals surface area contributed by atoms with Gasteiger partial charge in [-0.3, -0.25) is 0 Å². The molecule has 0 radical (unpaired) electrons. The second-order valence-electron chi connectivity index (χ2n) is 3.40. The molecule has 1 aromatic carbocycles. The van der Waals surface area contributed by atoms with E-state index >= 15 is 0 Å².